The predicted octanol–water partition coefficient (Wildman–Crippen LogP) is 4.10. The Morgan fingerprint density at radius 2 is 1.91 bits per heavy atom. The maximum Gasteiger partial charge on any atom is 0.126 e. The Hall–Kier alpha value is -1.22. The number of piperidine rings is 1. The predicted molar refractivity (Wildman–Crippen MR) is 91.6 cm³/mol. The summed E-state index contributed by atoms with van der Waals surface area (Å²) in [6, 6.07) is 6.05. The Bertz CT molecular complexity index is 453. The van der Waals surface area contributed by atoms with Crippen molar-refractivity contribution in [3.63, 3.8) is 0 Å². The molecule has 1 radical (unpaired) electrons. The number of hydrogen-bond donors (Lipinski definition) is 0. The van der Waals surface area contributed by atoms with Gasteiger partial charge in [0, 0.05) is 12.6 Å². The smallest absolute Gasteiger partial charge is 0.126 e. The number of nitrogens with zero attached hydrogens (tertiary/aromatic N) is 1. The first-order valence-electron chi connectivity index (χ1n) is 8.45. The fourth-order valence-electron chi connectivity index (χ4n) is 2.86. The number of aryl methyl sites for hydroxylation is 1. The minimum absolute atomic E-state index is 0.247. The molecule has 3 nitrogen and oxygen atoms in total. The van der Waals surface area contributed by atoms with Crippen LogP contribution in [0.15, 0.2) is 18.2 Å². The molecule has 0 amide bonds. The molecule has 3 heteroatoms. The lowest BCUT2D eigenvalue weighted by molar-refractivity contribution is 0.118. The highest BCUT2D eigenvalue weighted by Crippen LogP contribution is 2.27. The SMILES string of the molecule is COc1ccc(C)c(OC(CCN2CC[CH]CC2)C(C)C)c1. The first kappa shape index (κ1) is 17.1. The van der Waals surface area contributed by atoms with E-state index < -0.39 is 0 Å². The van der Waals surface area contributed by atoms with Gasteiger partial charge >= 0.3 is 0 Å². The van der Waals surface area contributed by atoms with Crippen LogP contribution in [0.25, 0.3) is 0 Å². The van der Waals surface area contributed by atoms with Crippen LogP contribution in [0, 0.1) is 19.3 Å². The number of ether oxygens (including phenoxy) is 2. The van der Waals surface area contributed by atoms with Crippen LogP contribution in [0.4, 0.5) is 0 Å². The monoisotopic (exact) mass is 304 g/mol. The Morgan fingerprint density at radius 3 is 2.55 bits per heavy atom. The van der Waals surface area contributed by atoms with Gasteiger partial charge in [-0.3, -0.25) is 0 Å². The number of hydrogen-bond acceptors (Lipinski definition) is 3. The molecule has 1 atom stereocenters. The van der Waals surface area contributed by atoms with E-state index in [1.807, 2.05) is 12.1 Å². The van der Waals surface area contributed by atoms with E-state index in [2.05, 4.69) is 38.2 Å². The van der Waals surface area contributed by atoms with Gasteiger partial charge < -0.3 is 14.4 Å². The minimum atomic E-state index is 0.247. The lowest BCUT2D eigenvalue weighted by Gasteiger charge is -2.30. The van der Waals surface area contributed by atoms with Crippen molar-refractivity contribution in [2.75, 3.05) is 26.7 Å². The zero-order chi connectivity index (χ0) is 15.9. The van der Waals surface area contributed by atoms with Crippen LogP contribution < -0.4 is 9.47 Å². The van der Waals surface area contributed by atoms with E-state index in [4.69, 9.17) is 9.47 Å². The van der Waals surface area contributed by atoms with Crippen molar-refractivity contribution >= 4 is 0 Å². The Balaban J connectivity index is 1.96. The molecule has 0 aromatic heterocycles. The number of rotatable bonds is 7. The summed E-state index contributed by atoms with van der Waals surface area (Å²) in [5.74, 6) is 2.31. The highest BCUT2D eigenvalue weighted by molar-refractivity contribution is 5.40. The Kier molecular flexibility index (Phi) is 6.56. The summed E-state index contributed by atoms with van der Waals surface area (Å²) >= 11 is 0. The van der Waals surface area contributed by atoms with Gasteiger partial charge in [-0.15, -0.1) is 0 Å². The standard InChI is InChI=1S/C19H30NO2/c1-15(2)18(10-13-20-11-6-5-7-12-20)22-19-14-17(21-4)9-8-16(19)3/h5,8-9,14-15,18H,6-7,10-13H2,1-4H3. The van der Waals surface area contributed by atoms with Crippen molar-refractivity contribution in [3.8, 4) is 11.5 Å². The van der Waals surface area contributed by atoms with Crippen molar-refractivity contribution in [2.24, 2.45) is 5.92 Å². The third-order valence-corrected chi connectivity index (χ3v) is 4.45. The van der Waals surface area contributed by atoms with E-state index in [1.54, 1.807) is 7.11 Å². The number of benzene rings is 1. The van der Waals surface area contributed by atoms with Gasteiger partial charge in [0.25, 0.3) is 0 Å². The molecule has 1 aromatic rings. The average molecular weight is 304 g/mol. The van der Waals surface area contributed by atoms with Crippen LogP contribution in [-0.2, 0) is 0 Å². The van der Waals surface area contributed by atoms with E-state index in [0.29, 0.717) is 5.92 Å². The van der Waals surface area contributed by atoms with E-state index >= 15 is 0 Å². The van der Waals surface area contributed by atoms with Gasteiger partial charge in [-0.1, -0.05) is 19.9 Å². The average Bonchev–Trinajstić information content (AvgIpc) is 2.53. The summed E-state index contributed by atoms with van der Waals surface area (Å²) in [5.41, 5.74) is 1.17. The molecule has 0 saturated carbocycles. The fourth-order valence-corrected chi connectivity index (χ4v) is 2.86. The van der Waals surface area contributed by atoms with Crippen LogP contribution in [0.3, 0.4) is 0 Å². The summed E-state index contributed by atoms with van der Waals surface area (Å²) in [4.78, 5) is 2.55. The van der Waals surface area contributed by atoms with Crippen molar-refractivity contribution in [1.29, 1.82) is 0 Å². The summed E-state index contributed by atoms with van der Waals surface area (Å²) < 4.78 is 11.6. The third-order valence-electron chi connectivity index (χ3n) is 4.45. The van der Waals surface area contributed by atoms with Crippen LogP contribution in [0.2, 0.25) is 0 Å². The quantitative estimate of drug-likeness (QED) is 0.757. The van der Waals surface area contributed by atoms with Crippen molar-refractivity contribution in [2.45, 2.75) is 46.1 Å². The second-order valence-electron chi connectivity index (χ2n) is 6.53. The molecule has 1 unspecified atom stereocenters. The van der Waals surface area contributed by atoms with Gasteiger partial charge in [-0.25, -0.2) is 0 Å². The summed E-state index contributed by atoms with van der Waals surface area (Å²) in [5, 5.41) is 0. The summed E-state index contributed by atoms with van der Waals surface area (Å²) in [7, 11) is 1.70. The second kappa shape index (κ2) is 8.42. The summed E-state index contributed by atoms with van der Waals surface area (Å²) in [6.45, 7) is 10.1. The molecule has 0 N–H and O–H groups in total. The molecule has 0 bridgehead atoms. The molecule has 2 rings (SSSR count). The van der Waals surface area contributed by atoms with Crippen LogP contribution in [0.5, 0.6) is 11.5 Å². The molecule has 1 aliphatic heterocycles. The largest absolute Gasteiger partial charge is 0.497 e. The lowest BCUT2D eigenvalue weighted by atomic mass is 10.0. The molecule has 0 aliphatic carbocycles. The summed E-state index contributed by atoms with van der Waals surface area (Å²) in [6.07, 6.45) is 6.17. The number of likely N-dealkylation sites (tertiary alicyclic amines) is 1. The molecule has 1 aliphatic rings. The molecule has 1 fully saturated rings. The first-order chi connectivity index (χ1) is 10.6. The maximum atomic E-state index is 6.33. The van der Waals surface area contributed by atoms with Gasteiger partial charge in [0.2, 0.25) is 0 Å². The minimum Gasteiger partial charge on any atom is -0.497 e. The maximum absolute atomic E-state index is 6.33. The van der Waals surface area contributed by atoms with Crippen molar-refractivity contribution < 1.29 is 9.47 Å². The molecular weight excluding hydrogens is 274 g/mol. The highest BCUT2D eigenvalue weighted by atomic mass is 16.5. The molecule has 22 heavy (non-hydrogen) atoms. The lowest BCUT2D eigenvalue weighted by Crippen LogP contribution is -2.35. The van der Waals surface area contributed by atoms with Gasteiger partial charge in [0.15, 0.2) is 0 Å². The van der Waals surface area contributed by atoms with Crippen LogP contribution >= 0.6 is 0 Å². The van der Waals surface area contributed by atoms with E-state index in [9.17, 15) is 0 Å². The van der Waals surface area contributed by atoms with Crippen molar-refractivity contribution in [3.05, 3.63) is 30.2 Å². The Morgan fingerprint density at radius 1 is 1.18 bits per heavy atom. The fraction of sp³-hybridized carbons (Fsp3) is 0.632. The van der Waals surface area contributed by atoms with Gasteiger partial charge in [-0.05, 0) is 63.2 Å². The molecule has 1 saturated heterocycles. The number of methoxy groups -OCH3 is 1. The van der Waals surface area contributed by atoms with Crippen molar-refractivity contribution in [1.82, 2.24) is 4.90 Å². The van der Waals surface area contributed by atoms with Crippen LogP contribution in [0.1, 0.15) is 38.7 Å². The van der Waals surface area contributed by atoms with E-state index in [-0.39, 0.29) is 6.10 Å². The molecule has 1 heterocycles. The Labute approximate surface area is 135 Å². The highest BCUT2D eigenvalue weighted by Gasteiger charge is 2.19. The van der Waals surface area contributed by atoms with Gasteiger partial charge in [-0.2, -0.15) is 0 Å². The second-order valence-corrected chi connectivity index (χ2v) is 6.53. The normalized spacial score (nSPS) is 17.5. The van der Waals surface area contributed by atoms with Gasteiger partial charge in [0.1, 0.15) is 17.6 Å². The molecule has 123 valence electrons. The zero-order valence-electron chi connectivity index (χ0n) is 14.5. The third kappa shape index (κ3) is 4.91. The van der Waals surface area contributed by atoms with Gasteiger partial charge in [0.05, 0.1) is 7.11 Å². The first-order valence-corrected chi connectivity index (χ1v) is 8.45. The van der Waals surface area contributed by atoms with E-state index in [0.717, 1.165) is 24.5 Å². The molecular formula is C19H30NO2. The van der Waals surface area contributed by atoms with E-state index in [1.165, 1.54) is 31.5 Å². The molecule has 0 spiro atoms. The molecule has 1 aromatic carbocycles. The van der Waals surface area contributed by atoms with Crippen LogP contribution in [-0.4, -0.2) is 37.7 Å². The topological polar surface area (TPSA) is 21.7 Å². The zero-order valence-corrected chi connectivity index (χ0v) is 14.5.